The minimum Gasteiger partial charge on any atom is -0.507 e. The van der Waals surface area contributed by atoms with Crippen LogP contribution in [0.25, 0.3) is 0 Å². The number of carbonyl (C=O) groups excluding carboxylic acids is 1. The number of halogens is 3. The van der Waals surface area contributed by atoms with Gasteiger partial charge in [-0.1, -0.05) is 18.2 Å². The van der Waals surface area contributed by atoms with E-state index >= 15 is 0 Å². The van der Waals surface area contributed by atoms with Crippen molar-refractivity contribution in [1.29, 1.82) is 0 Å². The third-order valence-electron chi connectivity index (χ3n) is 4.96. The van der Waals surface area contributed by atoms with E-state index in [9.17, 15) is 31.5 Å². The summed E-state index contributed by atoms with van der Waals surface area (Å²) in [4.78, 5) is 13.8. The Morgan fingerprint density at radius 2 is 1.63 bits per heavy atom. The molecule has 0 saturated carbocycles. The number of carbonyl (C=O) groups is 1. The second-order valence-corrected chi connectivity index (χ2v) is 9.03. The number of phenolic OH excluding ortho intramolecular Hbond substituents is 1. The van der Waals surface area contributed by atoms with Gasteiger partial charge in [0.25, 0.3) is 0 Å². The number of sulfonamides is 1. The topological polar surface area (TPSA) is 77.9 Å². The second kappa shape index (κ2) is 8.27. The molecule has 30 heavy (non-hydrogen) atoms. The predicted octanol–water partition coefficient (Wildman–Crippen LogP) is 2.80. The maximum atomic E-state index is 12.8. The molecule has 1 heterocycles. The highest BCUT2D eigenvalue weighted by Gasteiger charge is 2.32. The van der Waals surface area contributed by atoms with E-state index in [1.54, 1.807) is 13.0 Å². The summed E-state index contributed by atoms with van der Waals surface area (Å²) in [5.41, 5.74) is 0.362. The van der Waals surface area contributed by atoms with Crippen LogP contribution in [0, 0.1) is 6.92 Å². The molecule has 1 N–H and O–H groups in total. The molecular formula is C20H21F3N2O4S. The molecule has 1 aliphatic heterocycles. The smallest absolute Gasteiger partial charge is 0.416 e. The van der Waals surface area contributed by atoms with Gasteiger partial charge in [0, 0.05) is 26.2 Å². The highest BCUT2D eigenvalue weighted by Crippen LogP contribution is 2.29. The Morgan fingerprint density at radius 1 is 1.03 bits per heavy atom. The Labute approximate surface area is 172 Å². The average molecular weight is 442 g/mol. The number of phenols is 1. The molecule has 2 aromatic rings. The van der Waals surface area contributed by atoms with Crippen molar-refractivity contribution in [2.75, 3.05) is 26.2 Å². The van der Waals surface area contributed by atoms with Crippen LogP contribution < -0.4 is 0 Å². The van der Waals surface area contributed by atoms with Gasteiger partial charge in [-0.05, 0) is 42.3 Å². The number of hydrogen-bond acceptors (Lipinski definition) is 4. The molecule has 0 bridgehead atoms. The van der Waals surface area contributed by atoms with Gasteiger partial charge in [-0.15, -0.1) is 0 Å². The van der Waals surface area contributed by atoms with Gasteiger partial charge >= 0.3 is 6.18 Å². The highest BCUT2D eigenvalue weighted by molar-refractivity contribution is 7.89. The van der Waals surface area contributed by atoms with Crippen molar-refractivity contribution in [3.8, 4) is 5.75 Å². The van der Waals surface area contributed by atoms with Gasteiger partial charge in [0.2, 0.25) is 15.9 Å². The van der Waals surface area contributed by atoms with Crippen molar-refractivity contribution in [2.45, 2.75) is 24.4 Å². The molecule has 1 fully saturated rings. The van der Waals surface area contributed by atoms with E-state index in [2.05, 4.69) is 0 Å². The van der Waals surface area contributed by atoms with E-state index < -0.39 is 21.8 Å². The number of benzene rings is 2. The standard InChI is InChI=1S/C20H21F3N2O4S/c1-14-2-7-17(26)18(12-14)30(28,29)25-10-8-24(9-11-25)19(27)13-15-3-5-16(6-4-15)20(21,22)23/h2-7,12,26H,8-11,13H2,1H3. The zero-order valence-electron chi connectivity index (χ0n) is 16.2. The molecule has 6 nitrogen and oxygen atoms in total. The maximum absolute atomic E-state index is 12.8. The summed E-state index contributed by atoms with van der Waals surface area (Å²) >= 11 is 0. The average Bonchev–Trinajstić information content (AvgIpc) is 2.69. The van der Waals surface area contributed by atoms with E-state index in [-0.39, 0.29) is 49.2 Å². The molecule has 2 aromatic carbocycles. The first-order chi connectivity index (χ1) is 14.0. The zero-order chi connectivity index (χ0) is 22.1. The molecule has 10 heteroatoms. The maximum Gasteiger partial charge on any atom is 0.416 e. The molecule has 0 aliphatic carbocycles. The van der Waals surface area contributed by atoms with Crippen LogP contribution in [0.4, 0.5) is 13.2 Å². The summed E-state index contributed by atoms with van der Waals surface area (Å²) in [6.07, 6.45) is -4.50. The molecule has 0 aromatic heterocycles. The first-order valence-electron chi connectivity index (χ1n) is 9.22. The lowest BCUT2D eigenvalue weighted by atomic mass is 10.1. The number of aryl methyl sites for hydroxylation is 1. The lowest BCUT2D eigenvalue weighted by Crippen LogP contribution is -2.50. The third kappa shape index (κ3) is 4.76. The number of alkyl halides is 3. The molecule has 1 amide bonds. The number of amides is 1. The van der Waals surface area contributed by atoms with Crippen LogP contribution in [-0.4, -0.2) is 54.8 Å². The van der Waals surface area contributed by atoms with E-state index in [0.29, 0.717) is 11.1 Å². The summed E-state index contributed by atoms with van der Waals surface area (Å²) < 4.78 is 64.7. The van der Waals surface area contributed by atoms with Crippen molar-refractivity contribution in [1.82, 2.24) is 9.21 Å². The van der Waals surface area contributed by atoms with Gasteiger partial charge in [0.1, 0.15) is 10.6 Å². The monoisotopic (exact) mass is 442 g/mol. The molecule has 162 valence electrons. The number of hydrogen-bond donors (Lipinski definition) is 1. The summed E-state index contributed by atoms with van der Waals surface area (Å²) in [5.74, 6) is -0.619. The van der Waals surface area contributed by atoms with Crippen molar-refractivity contribution in [3.05, 3.63) is 59.2 Å². The summed E-state index contributed by atoms with van der Waals surface area (Å²) in [6, 6.07) is 8.72. The molecule has 0 radical (unpaired) electrons. The molecular weight excluding hydrogens is 421 g/mol. The largest absolute Gasteiger partial charge is 0.507 e. The van der Waals surface area contributed by atoms with Crippen LogP contribution in [0.2, 0.25) is 0 Å². The number of aromatic hydroxyl groups is 1. The lowest BCUT2D eigenvalue weighted by Gasteiger charge is -2.34. The van der Waals surface area contributed by atoms with Gasteiger partial charge in [0.15, 0.2) is 0 Å². The van der Waals surface area contributed by atoms with Gasteiger partial charge < -0.3 is 10.0 Å². The Kier molecular flexibility index (Phi) is 6.09. The fraction of sp³-hybridized carbons (Fsp3) is 0.350. The lowest BCUT2D eigenvalue weighted by molar-refractivity contribution is -0.137. The van der Waals surface area contributed by atoms with Crippen molar-refractivity contribution in [2.24, 2.45) is 0 Å². The normalized spacial score (nSPS) is 15.9. The van der Waals surface area contributed by atoms with Crippen molar-refractivity contribution < 1.29 is 31.5 Å². The molecule has 0 atom stereocenters. The summed E-state index contributed by atoms with van der Waals surface area (Å²) in [5, 5.41) is 9.93. The van der Waals surface area contributed by atoms with Gasteiger partial charge in [-0.3, -0.25) is 4.79 Å². The van der Waals surface area contributed by atoms with Crippen LogP contribution in [0.5, 0.6) is 5.75 Å². The van der Waals surface area contributed by atoms with Crippen LogP contribution >= 0.6 is 0 Å². The molecule has 0 unspecified atom stereocenters. The van der Waals surface area contributed by atoms with E-state index in [0.717, 1.165) is 12.1 Å². The second-order valence-electron chi connectivity index (χ2n) is 7.13. The van der Waals surface area contributed by atoms with E-state index in [1.165, 1.54) is 33.5 Å². The first kappa shape index (κ1) is 22.1. The van der Waals surface area contributed by atoms with Gasteiger partial charge in [-0.2, -0.15) is 17.5 Å². The minimum absolute atomic E-state index is 0.0640. The Hall–Kier alpha value is -2.59. The van der Waals surface area contributed by atoms with Crippen LogP contribution in [-0.2, 0) is 27.4 Å². The van der Waals surface area contributed by atoms with E-state index in [4.69, 9.17) is 0 Å². The Bertz CT molecular complexity index is 1030. The van der Waals surface area contributed by atoms with E-state index in [1.807, 2.05) is 0 Å². The molecule has 1 aliphatic rings. The summed E-state index contributed by atoms with van der Waals surface area (Å²) in [6.45, 7) is 2.16. The van der Waals surface area contributed by atoms with Crippen LogP contribution in [0.15, 0.2) is 47.4 Å². The summed E-state index contributed by atoms with van der Waals surface area (Å²) in [7, 11) is -3.90. The fourth-order valence-corrected chi connectivity index (χ4v) is 4.83. The van der Waals surface area contributed by atoms with Gasteiger partial charge in [-0.25, -0.2) is 8.42 Å². The zero-order valence-corrected chi connectivity index (χ0v) is 17.0. The molecule has 3 rings (SSSR count). The Morgan fingerprint density at radius 3 is 2.20 bits per heavy atom. The van der Waals surface area contributed by atoms with Crippen molar-refractivity contribution in [3.63, 3.8) is 0 Å². The molecule has 0 spiro atoms. The predicted molar refractivity (Wildman–Crippen MR) is 103 cm³/mol. The first-order valence-corrected chi connectivity index (χ1v) is 10.7. The minimum atomic E-state index is -4.43. The SMILES string of the molecule is Cc1ccc(O)c(S(=O)(=O)N2CCN(C(=O)Cc3ccc(C(F)(F)F)cc3)CC2)c1. The quantitative estimate of drug-likeness (QED) is 0.790. The third-order valence-corrected chi connectivity index (χ3v) is 6.89. The van der Waals surface area contributed by atoms with Crippen LogP contribution in [0.3, 0.4) is 0 Å². The van der Waals surface area contributed by atoms with Crippen molar-refractivity contribution >= 4 is 15.9 Å². The molecule has 1 saturated heterocycles. The number of piperazine rings is 1. The number of nitrogens with zero attached hydrogens (tertiary/aromatic N) is 2. The van der Waals surface area contributed by atoms with Crippen LogP contribution in [0.1, 0.15) is 16.7 Å². The fourth-order valence-electron chi connectivity index (χ4n) is 3.24. The highest BCUT2D eigenvalue weighted by atomic mass is 32.2. The Balaban J connectivity index is 1.62. The number of rotatable bonds is 4. The van der Waals surface area contributed by atoms with Gasteiger partial charge in [0.05, 0.1) is 12.0 Å².